The van der Waals surface area contributed by atoms with Gasteiger partial charge in [-0.2, -0.15) is 0 Å². The van der Waals surface area contributed by atoms with E-state index < -0.39 is 0 Å². The number of nitrogens with zero attached hydrogens (tertiary/aromatic N) is 3. The smallest absolute Gasteiger partial charge is 0.191 e. The van der Waals surface area contributed by atoms with Gasteiger partial charge in [0.25, 0.3) is 0 Å². The van der Waals surface area contributed by atoms with Crippen molar-refractivity contribution in [3.63, 3.8) is 0 Å². The highest BCUT2D eigenvalue weighted by Crippen LogP contribution is 2.14. The van der Waals surface area contributed by atoms with Gasteiger partial charge < -0.3 is 15.5 Å². The number of halogens is 1. The monoisotopic (exact) mass is 389 g/mol. The van der Waals surface area contributed by atoms with Crippen LogP contribution in [0.15, 0.2) is 35.3 Å². The van der Waals surface area contributed by atoms with Crippen molar-refractivity contribution in [3.8, 4) is 0 Å². The van der Waals surface area contributed by atoms with Crippen LogP contribution in [-0.4, -0.2) is 62.1 Å². The molecule has 0 unspecified atom stereocenters. The van der Waals surface area contributed by atoms with Crippen LogP contribution in [0.1, 0.15) is 37.8 Å². The van der Waals surface area contributed by atoms with Gasteiger partial charge >= 0.3 is 0 Å². The molecule has 2 rings (SSSR count). The van der Waals surface area contributed by atoms with Gasteiger partial charge in [-0.25, -0.2) is 9.38 Å². The third-order valence-electron chi connectivity index (χ3n) is 4.78. The Morgan fingerprint density at radius 2 is 2.04 bits per heavy atom. The molecule has 1 aromatic carbocycles. The highest BCUT2D eigenvalue weighted by molar-refractivity contribution is 5.80. The number of benzene rings is 1. The molecule has 0 saturated carbocycles. The van der Waals surface area contributed by atoms with E-state index in [0.29, 0.717) is 24.7 Å². The van der Waals surface area contributed by atoms with Crippen LogP contribution in [0.4, 0.5) is 4.39 Å². The predicted molar refractivity (Wildman–Crippen MR) is 116 cm³/mol. The van der Waals surface area contributed by atoms with Crippen LogP contribution in [0, 0.1) is 5.82 Å². The van der Waals surface area contributed by atoms with E-state index in [1.807, 2.05) is 31.1 Å². The van der Waals surface area contributed by atoms with Crippen LogP contribution in [0.25, 0.3) is 0 Å². The first kappa shape index (κ1) is 22.4. The maximum Gasteiger partial charge on any atom is 0.191 e. The van der Waals surface area contributed by atoms with Crippen molar-refractivity contribution >= 4 is 5.96 Å². The average molecular weight is 390 g/mol. The maximum absolute atomic E-state index is 14.0. The Balaban J connectivity index is 1.94. The van der Waals surface area contributed by atoms with Crippen molar-refractivity contribution < 1.29 is 4.39 Å². The summed E-state index contributed by atoms with van der Waals surface area (Å²) in [6.07, 6.45) is 2.20. The van der Waals surface area contributed by atoms with E-state index in [4.69, 9.17) is 4.99 Å². The molecule has 1 aliphatic rings. The highest BCUT2D eigenvalue weighted by Gasteiger charge is 2.19. The first-order valence-electron chi connectivity index (χ1n) is 10.2. The largest absolute Gasteiger partial charge is 0.357 e. The third kappa shape index (κ3) is 7.60. The molecule has 0 radical (unpaired) electrons. The minimum atomic E-state index is -0.159. The molecule has 156 valence electrons. The lowest BCUT2D eigenvalue weighted by molar-refractivity contribution is 0.221. The molecule has 0 aromatic heterocycles. The molecule has 28 heavy (non-hydrogen) atoms. The van der Waals surface area contributed by atoms with Crippen LogP contribution in [0.2, 0.25) is 0 Å². The Morgan fingerprint density at radius 3 is 2.64 bits per heavy atom. The minimum absolute atomic E-state index is 0.159. The fraction of sp³-hybridized carbons (Fsp3) is 0.591. The van der Waals surface area contributed by atoms with Crippen LogP contribution in [0.5, 0.6) is 0 Å². The van der Waals surface area contributed by atoms with Crippen molar-refractivity contribution in [1.82, 2.24) is 20.4 Å². The molecule has 1 heterocycles. The normalized spacial score (nSPS) is 16.4. The number of nitrogens with one attached hydrogen (secondary N) is 2. The van der Waals surface area contributed by atoms with Crippen molar-refractivity contribution in [2.24, 2.45) is 4.99 Å². The maximum atomic E-state index is 14.0. The first-order chi connectivity index (χ1) is 13.4. The molecule has 0 atom stereocenters. The summed E-state index contributed by atoms with van der Waals surface area (Å²) in [5, 5.41) is 6.90. The number of guanidine groups is 1. The van der Waals surface area contributed by atoms with Gasteiger partial charge in [0.15, 0.2) is 5.96 Å². The molecule has 5 nitrogen and oxygen atoms in total. The summed E-state index contributed by atoms with van der Waals surface area (Å²) >= 11 is 0. The lowest BCUT2D eigenvalue weighted by Crippen LogP contribution is -2.48. The number of rotatable bonds is 8. The van der Waals surface area contributed by atoms with Gasteiger partial charge in [0.05, 0.1) is 6.54 Å². The molecule has 0 bridgehead atoms. The number of hydrogen-bond acceptors (Lipinski definition) is 3. The van der Waals surface area contributed by atoms with Crippen LogP contribution < -0.4 is 10.6 Å². The molecule has 0 amide bonds. The van der Waals surface area contributed by atoms with Gasteiger partial charge in [0.1, 0.15) is 5.82 Å². The van der Waals surface area contributed by atoms with Crippen LogP contribution in [-0.2, 0) is 13.1 Å². The summed E-state index contributed by atoms with van der Waals surface area (Å²) in [4.78, 5) is 9.15. The van der Waals surface area contributed by atoms with Gasteiger partial charge in [-0.1, -0.05) is 18.2 Å². The molecule has 1 aliphatic heterocycles. The van der Waals surface area contributed by atoms with Gasteiger partial charge in [0, 0.05) is 44.3 Å². The second-order valence-electron chi connectivity index (χ2n) is 8.01. The molecular formula is C22H36FN5. The third-order valence-corrected chi connectivity index (χ3v) is 4.78. The average Bonchev–Trinajstić information content (AvgIpc) is 2.63. The Hall–Kier alpha value is -1.92. The molecule has 1 fully saturated rings. The molecule has 2 N–H and O–H groups in total. The Morgan fingerprint density at radius 1 is 1.32 bits per heavy atom. The Kier molecular flexibility index (Phi) is 8.93. The zero-order chi connectivity index (χ0) is 20.5. The van der Waals surface area contributed by atoms with E-state index in [-0.39, 0.29) is 5.82 Å². The fourth-order valence-corrected chi connectivity index (χ4v) is 3.49. The fourth-order valence-electron chi connectivity index (χ4n) is 3.49. The number of piperidine rings is 1. The van der Waals surface area contributed by atoms with E-state index in [9.17, 15) is 4.39 Å². The van der Waals surface area contributed by atoms with E-state index >= 15 is 0 Å². The predicted octanol–water partition coefficient (Wildman–Crippen LogP) is 2.98. The lowest BCUT2D eigenvalue weighted by atomic mass is 10.0. The summed E-state index contributed by atoms with van der Waals surface area (Å²) in [6, 6.07) is 5.70. The number of aliphatic imine (C=N–C) groups is 1. The van der Waals surface area contributed by atoms with E-state index in [1.54, 1.807) is 6.07 Å². The first-order valence-corrected chi connectivity index (χ1v) is 10.2. The topological polar surface area (TPSA) is 42.9 Å². The quantitative estimate of drug-likeness (QED) is 0.408. The zero-order valence-corrected chi connectivity index (χ0v) is 17.9. The second-order valence-corrected chi connectivity index (χ2v) is 8.01. The summed E-state index contributed by atoms with van der Waals surface area (Å²) in [5.74, 6) is 0.673. The van der Waals surface area contributed by atoms with Gasteiger partial charge in [0.2, 0.25) is 0 Å². The van der Waals surface area contributed by atoms with E-state index in [2.05, 4.69) is 36.0 Å². The molecule has 0 spiro atoms. The number of hydrogen-bond donors (Lipinski definition) is 2. The Labute approximate surface area is 169 Å². The second kappa shape index (κ2) is 11.2. The summed E-state index contributed by atoms with van der Waals surface area (Å²) in [5.41, 5.74) is 2.95. The van der Waals surface area contributed by atoms with Crippen LogP contribution >= 0.6 is 0 Å². The SMILES string of the molecule is C=C(C)CN1CCC(NC(=NCc2ccc(F)c(CN(C)C)c2)NCC)CC1. The molecule has 6 heteroatoms. The lowest BCUT2D eigenvalue weighted by Gasteiger charge is -2.33. The minimum Gasteiger partial charge on any atom is -0.357 e. The molecule has 0 aliphatic carbocycles. The Bertz CT molecular complexity index is 663. The van der Waals surface area contributed by atoms with E-state index in [0.717, 1.165) is 50.5 Å². The number of likely N-dealkylation sites (tertiary alicyclic amines) is 1. The van der Waals surface area contributed by atoms with Crippen molar-refractivity contribution in [3.05, 3.63) is 47.3 Å². The zero-order valence-electron chi connectivity index (χ0n) is 17.9. The van der Waals surface area contributed by atoms with Gasteiger partial charge in [-0.15, -0.1) is 0 Å². The van der Waals surface area contributed by atoms with Crippen molar-refractivity contribution in [2.45, 2.75) is 45.8 Å². The van der Waals surface area contributed by atoms with E-state index in [1.165, 1.54) is 5.57 Å². The molecule has 1 aromatic rings. The van der Waals surface area contributed by atoms with Crippen molar-refractivity contribution in [2.75, 3.05) is 40.3 Å². The molecular weight excluding hydrogens is 353 g/mol. The van der Waals surface area contributed by atoms with Crippen LogP contribution in [0.3, 0.4) is 0 Å². The van der Waals surface area contributed by atoms with Crippen molar-refractivity contribution in [1.29, 1.82) is 0 Å². The highest BCUT2D eigenvalue weighted by atomic mass is 19.1. The summed E-state index contributed by atoms with van der Waals surface area (Å²) in [6.45, 7) is 13.2. The van der Waals surface area contributed by atoms with Gasteiger partial charge in [-0.3, -0.25) is 4.90 Å². The summed E-state index contributed by atoms with van der Waals surface area (Å²) in [7, 11) is 3.89. The summed E-state index contributed by atoms with van der Waals surface area (Å²) < 4.78 is 14.0. The van der Waals surface area contributed by atoms with Gasteiger partial charge in [-0.05, 0) is 58.5 Å². The molecule has 1 saturated heterocycles. The standard InChI is InChI=1S/C22H36FN5/c1-6-24-22(26-20-9-11-28(12-10-20)15-17(2)3)25-14-18-7-8-21(23)19(13-18)16-27(4)5/h7-8,13,20H,2,6,9-12,14-16H2,1,3-5H3,(H2,24,25,26).